The molecule has 1 aliphatic carbocycles. The van der Waals surface area contributed by atoms with Gasteiger partial charge in [0, 0.05) is 18.9 Å². The van der Waals surface area contributed by atoms with Gasteiger partial charge in [-0.1, -0.05) is 30.3 Å². The smallest absolute Gasteiger partial charge is 0.322 e. The molecule has 0 saturated carbocycles. The number of aromatic amines is 1. The monoisotopic (exact) mass is 333 g/mol. The second-order valence-electron chi connectivity index (χ2n) is 6.03. The van der Waals surface area contributed by atoms with Crippen LogP contribution in [0.4, 0.5) is 5.69 Å². The molecule has 6 heteroatoms. The van der Waals surface area contributed by atoms with Crippen molar-refractivity contribution in [3.05, 3.63) is 86.2 Å². The number of fused-ring (bicyclic) bond motifs is 3. The van der Waals surface area contributed by atoms with Gasteiger partial charge < -0.3 is 10.3 Å². The lowest BCUT2D eigenvalue weighted by molar-refractivity contribution is 0.102. The van der Waals surface area contributed by atoms with Crippen molar-refractivity contribution in [2.75, 3.05) is 5.32 Å². The van der Waals surface area contributed by atoms with E-state index in [0.717, 1.165) is 28.3 Å². The summed E-state index contributed by atoms with van der Waals surface area (Å²) in [5.41, 5.74) is 4.09. The van der Waals surface area contributed by atoms with Gasteiger partial charge in [0.15, 0.2) is 0 Å². The Morgan fingerprint density at radius 1 is 1.08 bits per heavy atom. The number of hydrogen-bond donors (Lipinski definition) is 2. The Morgan fingerprint density at radius 3 is 2.68 bits per heavy atom. The zero-order chi connectivity index (χ0) is 17.6. The third kappa shape index (κ3) is 2.48. The van der Waals surface area contributed by atoms with E-state index in [-0.39, 0.29) is 5.56 Å². The molecule has 2 N–H and O–H groups in total. The van der Waals surface area contributed by atoms with Crippen molar-refractivity contribution in [1.82, 2.24) is 9.55 Å². The lowest BCUT2D eigenvalue weighted by atomic mass is 10.1. The molecule has 124 valence electrons. The Hall–Kier alpha value is -3.41. The van der Waals surface area contributed by atoms with E-state index >= 15 is 0 Å². The van der Waals surface area contributed by atoms with E-state index in [1.807, 2.05) is 30.3 Å². The Morgan fingerprint density at radius 2 is 1.84 bits per heavy atom. The van der Waals surface area contributed by atoms with Gasteiger partial charge in [0.1, 0.15) is 5.56 Å². The third-order valence-electron chi connectivity index (χ3n) is 4.48. The number of hydrogen-bond acceptors (Lipinski definition) is 3. The normalized spacial score (nSPS) is 11.7. The van der Waals surface area contributed by atoms with Crippen LogP contribution in [-0.2, 0) is 13.5 Å². The number of anilines is 1. The molecular formula is C19H15N3O3. The van der Waals surface area contributed by atoms with Crippen molar-refractivity contribution in [3.8, 4) is 11.1 Å². The number of rotatable bonds is 2. The number of aromatic nitrogens is 2. The van der Waals surface area contributed by atoms with Crippen molar-refractivity contribution >= 4 is 11.6 Å². The number of carbonyl (C=O) groups excluding carboxylic acids is 1. The van der Waals surface area contributed by atoms with Crippen LogP contribution < -0.4 is 16.6 Å². The molecule has 0 unspecified atom stereocenters. The van der Waals surface area contributed by atoms with Gasteiger partial charge in [-0.2, -0.15) is 0 Å². The summed E-state index contributed by atoms with van der Waals surface area (Å²) in [5, 5.41) is 2.73. The van der Waals surface area contributed by atoms with Gasteiger partial charge in [-0.25, -0.2) is 4.79 Å². The summed E-state index contributed by atoms with van der Waals surface area (Å²) < 4.78 is 0.869. The SMILES string of the molecule is Cn1c(=O)[nH]cc(C(=O)Nc2ccc3c(c2)Cc2ccccc2-3)c1=O. The topological polar surface area (TPSA) is 84.0 Å². The quantitative estimate of drug-likeness (QED) is 0.588. The van der Waals surface area contributed by atoms with Crippen LogP contribution in [0.5, 0.6) is 0 Å². The van der Waals surface area contributed by atoms with Gasteiger partial charge in [0.2, 0.25) is 0 Å². The highest BCUT2D eigenvalue weighted by Gasteiger charge is 2.19. The van der Waals surface area contributed by atoms with Crippen LogP contribution in [0.2, 0.25) is 0 Å². The van der Waals surface area contributed by atoms with E-state index in [1.165, 1.54) is 18.2 Å². The highest BCUT2D eigenvalue weighted by Crippen LogP contribution is 2.37. The molecule has 25 heavy (non-hydrogen) atoms. The van der Waals surface area contributed by atoms with Crippen molar-refractivity contribution in [1.29, 1.82) is 0 Å². The van der Waals surface area contributed by atoms with Gasteiger partial charge in [0.25, 0.3) is 11.5 Å². The number of nitrogens with one attached hydrogen (secondary N) is 2. The maximum Gasteiger partial charge on any atom is 0.328 e. The van der Waals surface area contributed by atoms with Gasteiger partial charge in [-0.3, -0.25) is 14.2 Å². The first-order valence-corrected chi connectivity index (χ1v) is 7.86. The molecule has 0 atom stereocenters. The largest absolute Gasteiger partial charge is 0.328 e. The van der Waals surface area contributed by atoms with Crippen LogP contribution >= 0.6 is 0 Å². The summed E-state index contributed by atoms with van der Waals surface area (Å²) in [6, 6.07) is 13.9. The van der Waals surface area contributed by atoms with Crippen LogP contribution in [0.3, 0.4) is 0 Å². The van der Waals surface area contributed by atoms with Gasteiger partial charge >= 0.3 is 5.69 Å². The molecule has 1 aliphatic rings. The maximum atomic E-state index is 12.4. The summed E-state index contributed by atoms with van der Waals surface area (Å²) >= 11 is 0. The molecule has 1 amide bonds. The molecule has 0 fully saturated rings. The average Bonchev–Trinajstić information content (AvgIpc) is 2.97. The number of benzene rings is 2. The number of amides is 1. The molecule has 0 bridgehead atoms. The first-order valence-electron chi connectivity index (χ1n) is 7.86. The van der Waals surface area contributed by atoms with Gasteiger partial charge in [0.05, 0.1) is 0 Å². The minimum atomic E-state index is -0.630. The minimum absolute atomic E-state index is 0.106. The highest BCUT2D eigenvalue weighted by atomic mass is 16.2. The molecule has 1 heterocycles. The van der Waals surface area contributed by atoms with Crippen LogP contribution in [0.1, 0.15) is 21.5 Å². The standard InChI is InChI=1S/C19H15N3O3/c1-22-18(24)16(10-20-19(22)25)17(23)21-13-6-7-15-12(9-13)8-11-4-2-3-5-14(11)15/h2-7,9-10H,8H2,1H3,(H,20,25)(H,21,23). The van der Waals surface area contributed by atoms with Gasteiger partial charge in [-0.15, -0.1) is 0 Å². The van der Waals surface area contributed by atoms with Crippen LogP contribution in [0, 0.1) is 0 Å². The Bertz CT molecular complexity index is 1130. The fourth-order valence-electron chi connectivity index (χ4n) is 3.15. The molecule has 4 rings (SSSR count). The number of H-pyrrole nitrogens is 1. The maximum absolute atomic E-state index is 12.4. The Labute approximate surface area is 142 Å². The predicted octanol–water partition coefficient (Wildman–Crippen LogP) is 1.90. The molecule has 0 radical (unpaired) electrons. The van der Waals surface area contributed by atoms with Gasteiger partial charge in [-0.05, 0) is 40.8 Å². The third-order valence-corrected chi connectivity index (χ3v) is 4.48. The molecule has 0 spiro atoms. The van der Waals surface area contributed by atoms with E-state index in [1.54, 1.807) is 0 Å². The van der Waals surface area contributed by atoms with Crippen LogP contribution in [0.15, 0.2) is 58.3 Å². The molecule has 0 saturated heterocycles. The highest BCUT2D eigenvalue weighted by molar-refractivity contribution is 6.04. The van der Waals surface area contributed by atoms with Crippen molar-refractivity contribution in [2.24, 2.45) is 7.05 Å². The number of carbonyl (C=O) groups is 1. The average molecular weight is 333 g/mol. The molecule has 1 aromatic heterocycles. The summed E-state index contributed by atoms with van der Waals surface area (Å²) in [7, 11) is 1.32. The summed E-state index contributed by atoms with van der Waals surface area (Å²) in [6.07, 6.45) is 1.96. The zero-order valence-electron chi connectivity index (χ0n) is 13.5. The molecule has 2 aromatic carbocycles. The van der Waals surface area contributed by atoms with E-state index in [2.05, 4.69) is 22.4 Å². The molecule has 0 aliphatic heterocycles. The zero-order valence-corrected chi connectivity index (χ0v) is 13.5. The van der Waals surface area contributed by atoms with E-state index in [0.29, 0.717) is 5.69 Å². The first kappa shape index (κ1) is 15.1. The Balaban J connectivity index is 1.64. The van der Waals surface area contributed by atoms with Crippen LogP contribution in [-0.4, -0.2) is 15.5 Å². The number of nitrogens with zero attached hydrogens (tertiary/aromatic N) is 1. The lowest BCUT2D eigenvalue weighted by Crippen LogP contribution is -2.37. The summed E-state index contributed by atoms with van der Waals surface area (Å²) in [4.78, 5) is 38.2. The summed E-state index contributed by atoms with van der Waals surface area (Å²) in [6.45, 7) is 0. The Kier molecular flexibility index (Phi) is 3.39. The lowest BCUT2D eigenvalue weighted by Gasteiger charge is -2.08. The minimum Gasteiger partial charge on any atom is -0.322 e. The van der Waals surface area contributed by atoms with Crippen molar-refractivity contribution < 1.29 is 4.79 Å². The second kappa shape index (κ2) is 5.59. The summed E-state index contributed by atoms with van der Waals surface area (Å²) in [5.74, 6) is -0.549. The predicted molar refractivity (Wildman–Crippen MR) is 94.9 cm³/mol. The van der Waals surface area contributed by atoms with E-state index < -0.39 is 17.2 Å². The van der Waals surface area contributed by atoms with E-state index in [9.17, 15) is 14.4 Å². The second-order valence-corrected chi connectivity index (χ2v) is 6.03. The van der Waals surface area contributed by atoms with Crippen molar-refractivity contribution in [2.45, 2.75) is 6.42 Å². The fourth-order valence-corrected chi connectivity index (χ4v) is 3.15. The fraction of sp³-hybridized carbons (Fsp3) is 0.105. The van der Waals surface area contributed by atoms with Crippen molar-refractivity contribution in [3.63, 3.8) is 0 Å². The first-order chi connectivity index (χ1) is 12.0. The molecular weight excluding hydrogens is 318 g/mol. The molecule has 6 nitrogen and oxygen atoms in total. The molecule has 3 aromatic rings. The van der Waals surface area contributed by atoms with E-state index in [4.69, 9.17) is 0 Å². The van der Waals surface area contributed by atoms with Crippen LogP contribution in [0.25, 0.3) is 11.1 Å².